The molecular formula is C14H19F3N2O4S. The van der Waals surface area contributed by atoms with Crippen LogP contribution in [0.1, 0.15) is 35.8 Å². The molecule has 1 heterocycles. The Bertz CT molecular complexity index is 562. The summed E-state index contributed by atoms with van der Waals surface area (Å²) in [6.07, 6.45) is -4.17. The predicted octanol–water partition coefficient (Wildman–Crippen LogP) is 2.75. The highest BCUT2D eigenvalue weighted by Gasteiger charge is 2.35. The molecule has 0 fully saturated rings. The molecule has 1 unspecified atom stereocenters. The first-order chi connectivity index (χ1) is 11.2. The highest BCUT2D eigenvalue weighted by atomic mass is 32.1. The van der Waals surface area contributed by atoms with Gasteiger partial charge >= 0.3 is 12.1 Å². The molecule has 0 radical (unpaired) electrons. The van der Waals surface area contributed by atoms with Crippen molar-refractivity contribution >= 4 is 23.2 Å². The summed E-state index contributed by atoms with van der Waals surface area (Å²) in [6.45, 7) is 4.16. The van der Waals surface area contributed by atoms with Gasteiger partial charge in [0.25, 0.3) is 5.91 Å². The minimum absolute atomic E-state index is 0.112. The summed E-state index contributed by atoms with van der Waals surface area (Å²) < 4.78 is 42.9. The lowest BCUT2D eigenvalue weighted by Crippen LogP contribution is -2.38. The summed E-state index contributed by atoms with van der Waals surface area (Å²) in [7, 11) is 0. The predicted molar refractivity (Wildman–Crippen MR) is 80.9 cm³/mol. The monoisotopic (exact) mass is 368 g/mol. The highest BCUT2D eigenvalue weighted by molar-refractivity contribution is 7.09. The van der Waals surface area contributed by atoms with Gasteiger partial charge in [-0.05, 0) is 13.3 Å². The van der Waals surface area contributed by atoms with E-state index in [-0.39, 0.29) is 18.8 Å². The van der Waals surface area contributed by atoms with Crippen molar-refractivity contribution in [1.82, 2.24) is 9.88 Å². The lowest BCUT2D eigenvalue weighted by atomic mass is 10.1. The topological polar surface area (TPSA) is 79.7 Å². The third-order valence-corrected chi connectivity index (χ3v) is 3.98. The van der Waals surface area contributed by atoms with Crippen LogP contribution >= 0.6 is 11.3 Å². The summed E-state index contributed by atoms with van der Waals surface area (Å²) in [5.74, 6) is -2.65. The van der Waals surface area contributed by atoms with Gasteiger partial charge < -0.3 is 14.7 Å². The molecule has 6 nitrogen and oxygen atoms in total. The van der Waals surface area contributed by atoms with Crippen LogP contribution in [0.4, 0.5) is 13.2 Å². The van der Waals surface area contributed by atoms with E-state index in [1.807, 2.05) is 6.92 Å². The fraction of sp³-hybridized carbons (Fsp3) is 0.643. The summed E-state index contributed by atoms with van der Waals surface area (Å²) in [5.41, 5.74) is -0.332. The molecule has 1 atom stereocenters. The van der Waals surface area contributed by atoms with Crippen LogP contribution in [-0.4, -0.2) is 53.2 Å². The third kappa shape index (κ3) is 6.08. The van der Waals surface area contributed by atoms with Crippen molar-refractivity contribution in [2.45, 2.75) is 26.4 Å². The van der Waals surface area contributed by atoms with Crippen LogP contribution in [0.2, 0.25) is 0 Å². The Balaban J connectivity index is 2.85. The van der Waals surface area contributed by atoms with E-state index in [1.165, 1.54) is 11.8 Å². The number of hydrogen-bond acceptors (Lipinski definition) is 5. The van der Waals surface area contributed by atoms with Gasteiger partial charge in [-0.25, -0.2) is 4.98 Å². The number of alkyl halides is 3. The second-order valence-corrected chi connectivity index (χ2v) is 5.93. The van der Waals surface area contributed by atoms with Crippen molar-refractivity contribution in [2.24, 2.45) is 5.92 Å². The molecule has 0 aliphatic heterocycles. The van der Waals surface area contributed by atoms with Crippen LogP contribution < -0.4 is 0 Å². The number of carbonyl (C=O) groups is 2. The van der Waals surface area contributed by atoms with Crippen molar-refractivity contribution in [3.63, 3.8) is 0 Å². The molecule has 1 aromatic heterocycles. The molecule has 0 saturated heterocycles. The number of amides is 1. The molecule has 136 valence electrons. The van der Waals surface area contributed by atoms with Gasteiger partial charge in [-0.15, -0.1) is 11.3 Å². The highest BCUT2D eigenvalue weighted by Crippen LogP contribution is 2.31. The molecular weight excluding hydrogens is 349 g/mol. The molecule has 1 rings (SSSR count). The van der Waals surface area contributed by atoms with E-state index in [0.29, 0.717) is 31.0 Å². The summed E-state index contributed by atoms with van der Waals surface area (Å²) in [5, 5.41) is 8.91. The number of hydrogen-bond donors (Lipinski definition) is 1. The number of halogens is 3. The van der Waals surface area contributed by atoms with E-state index in [0.717, 1.165) is 5.38 Å². The molecule has 0 bridgehead atoms. The lowest BCUT2D eigenvalue weighted by Gasteiger charge is -2.23. The van der Waals surface area contributed by atoms with E-state index < -0.39 is 29.0 Å². The Morgan fingerprint density at radius 1 is 1.46 bits per heavy atom. The molecule has 0 saturated carbocycles. The minimum atomic E-state index is -4.61. The first-order valence-electron chi connectivity index (χ1n) is 7.29. The first kappa shape index (κ1) is 20.4. The normalized spacial score (nSPS) is 12.9. The Kier molecular flexibility index (Phi) is 7.61. The van der Waals surface area contributed by atoms with Crippen molar-refractivity contribution in [3.05, 3.63) is 16.1 Å². The second-order valence-electron chi connectivity index (χ2n) is 5.08. The van der Waals surface area contributed by atoms with Crippen LogP contribution in [0.15, 0.2) is 5.38 Å². The third-order valence-electron chi connectivity index (χ3n) is 3.09. The molecule has 0 aliphatic carbocycles. The molecule has 1 aromatic rings. The zero-order valence-corrected chi connectivity index (χ0v) is 14.1. The molecule has 10 heteroatoms. The fourth-order valence-electron chi connectivity index (χ4n) is 1.85. The number of ether oxygens (including phenoxy) is 1. The average Bonchev–Trinajstić information content (AvgIpc) is 2.99. The van der Waals surface area contributed by atoms with E-state index in [4.69, 9.17) is 9.84 Å². The number of rotatable bonds is 9. The molecule has 0 spiro atoms. The molecule has 24 heavy (non-hydrogen) atoms. The average molecular weight is 368 g/mol. The van der Waals surface area contributed by atoms with Crippen LogP contribution in [0.3, 0.4) is 0 Å². The second kappa shape index (κ2) is 8.97. The Morgan fingerprint density at radius 3 is 2.62 bits per heavy atom. The quantitative estimate of drug-likeness (QED) is 0.678. The van der Waals surface area contributed by atoms with Gasteiger partial charge in [0.05, 0.1) is 5.92 Å². The van der Waals surface area contributed by atoms with Gasteiger partial charge in [0.1, 0.15) is 5.69 Å². The maximum absolute atomic E-state index is 12.6. The van der Waals surface area contributed by atoms with Crippen LogP contribution in [-0.2, 0) is 15.7 Å². The van der Waals surface area contributed by atoms with E-state index in [1.54, 1.807) is 0 Å². The number of aliphatic carboxylic acids is 1. The van der Waals surface area contributed by atoms with E-state index in [2.05, 4.69) is 4.98 Å². The molecule has 0 aromatic carbocycles. The van der Waals surface area contributed by atoms with Crippen LogP contribution in [0, 0.1) is 5.92 Å². The van der Waals surface area contributed by atoms with E-state index in [9.17, 15) is 22.8 Å². The van der Waals surface area contributed by atoms with Crippen molar-refractivity contribution in [3.8, 4) is 0 Å². The summed E-state index contributed by atoms with van der Waals surface area (Å²) in [6, 6.07) is 0. The Morgan fingerprint density at radius 2 is 2.12 bits per heavy atom. The standard InChI is InChI=1S/C14H19F3N2O4S/c1-3-23-6-4-5-19(7-9(2)12(21)22)11(20)10-8-24-13(18-10)14(15,16)17/h8-9H,3-7H2,1-2H3,(H,21,22). The number of nitrogens with zero attached hydrogens (tertiary/aromatic N) is 2. The zero-order valence-electron chi connectivity index (χ0n) is 13.3. The zero-order chi connectivity index (χ0) is 18.3. The van der Waals surface area contributed by atoms with Gasteiger partial charge in [-0.2, -0.15) is 13.2 Å². The molecule has 1 amide bonds. The number of carboxylic acid groups (broad SMARTS) is 1. The van der Waals surface area contributed by atoms with Gasteiger partial charge in [0.15, 0.2) is 5.01 Å². The largest absolute Gasteiger partial charge is 0.481 e. The molecule has 0 aliphatic rings. The van der Waals surface area contributed by atoms with Gasteiger partial charge in [0, 0.05) is 31.7 Å². The van der Waals surface area contributed by atoms with Crippen LogP contribution in [0.25, 0.3) is 0 Å². The number of aromatic nitrogens is 1. The van der Waals surface area contributed by atoms with E-state index >= 15 is 0 Å². The van der Waals surface area contributed by atoms with Crippen LogP contribution in [0.5, 0.6) is 0 Å². The lowest BCUT2D eigenvalue weighted by molar-refractivity contribution is -0.141. The SMILES string of the molecule is CCOCCCN(CC(C)C(=O)O)C(=O)c1csc(C(F)(F)F)n1. The Hall–Kier alpha value is -1.68. The first-order valence-corrected chi connectivity index (χ1v) is 8.17. The maximum Gasteiger partial charge on any atom is 0.443 e. The minimum Gasteiger partial charge on any atom is -0.481 e. The number of thiazole rings is 1. The maximum atomic E-state index is 12.6. The Labute approximate surface area is 141 Å². The van der Waals surface area contributed by atoms with Crippen molar-refractivity contribution in [1.29, 1.82) is 0 Å². The molecule has 1 N–H and O–H groups in total. The fourth-order valence-corrected chi connectivity index (χ4v) is 2.51. The summed E-state index contributed by atoms with van der Waals surface area (Å²) >= 11 is 0.335. The van der Waals surface area contributed by atoms with Crippen molar-refractivity contribution in [2.75, 3.05) is 26.3 Å². The number of carboxylic acids is 1. The number of carbonyl (C=O) groups excluding carboxylic acids is 1. The van der Waals surface area contributed by atoms with Gasteiger partial charge in [-0.1, -0.05) is 6.92 Å². The smallest absolute Gasteiger partial charge is 0.443 e. The summed E-state index contributed by atoms with van der Waals surface area (Å²) in [4.78, 5) is 27.9. The van der Waals surface area contributed by atoms with Crippen molar-refractivity contribution < 1.29 is 32.6 Å². The van der Waals surface area contributed by atoms with Gasteiger partial charge in [-0.3, -0.25) is 9.59 Å². The van der Waals surface area contributed by atoms with Gasteiger partial charge in [0.2, 0.25) is 0 Å².